The van der Waals surface area contributed by atoms with E-state index in [2.05, 4.69) is 13.8 Å². The van der Waals surface area contributed by atoms with Gasteiger partial charge in [0.15, 0.2) is 5.78 Å². The van der Waals surface area contributed by atoms with E-state index in [1.165, 1.54) is 0 Å². The van der Waals surface area contributed by atoms with Gasteiger partial charge < -0.3 is 4.74 Å². The Morgan fingerprint density at radius 3 is 2.75 bits per heavy atom. The number of Topliss-reactive ketones (excluding diaryl/α,β-unsaturated/α-hetero) is 1. The van der Waals surface area contributed by atoms with Crippen molar-refractivity contribution in [3.63, 3.8) is 0 Å². The van der Waals surface area contributed by atoms with Crippen LogP contribution in [0, 0.1) is 0 Å². The van der Waals surface area contributed by atoms with Gasteiger partial charge in [-0.25, -0.2) is 0 Å². The molecule has 0 aromatic heterocycles. The number of rotatable bonds is 3. The highest BCUT2D eigenvalue weighted by atomic mass is 16.5. The lowest BCUT2D eigenvalue weighted by atomic mass is 9.84. The second kappa shape index (κ2) is 4.28. The van der Waals surface area contributed by atoms with Gasteiger partial charge in [0.05, 0.1) is 12.0 Å². The standard InChI is InChI=1S/C14H18O2/c1-3-9-14(4-2)10-12(15)11-7-5-6-8-13(11)16-14/h5-8H,3-4,9-10H2,1-2H3. The number of hydrogen-bond acceptors (Lipinski definition) is 2. The van der Waals surface area contributed by atoms with Crippen LogP contribution < -0.4 is 4.74 Å². The van der Waals surface area contributed by atoms with Crippen LogP contribution in [0.4, 0.5) is 0 Å². The van der Waals surface area contributed by atoms with Gasteiger partial charge in [-0.05, 0) is 25.0 Å². The monoisotopic (exact) mass is 218 g/mol. The van der Waals surface area contributed by atoms with Gasteiger partial charge in [-0.1, -0.05) is 32.4 Å². The number of carbonyl (C=O) groups excluding carboxylic acids is 1. The first-order valence-corrected chi connectivity index (χ1v) is 6.02. The summed E-state index contributed by atoms with van der Waals surface area (Å²) in [6.45, 7) is 4.22. The molecule has 1 heterocycles. The highest BCUT2D eigenvalue weighted by molar-refractivity contribution is 6.00. The molecule has 0 saturated carbocycles. The van der Waals surface area contributed by atoms with E-state index in [-0.39, 0.29) is 11.4 Å². The van der Waals surface area contributed by atoms with Gasteiger partial charge in [0.25, 0.3) is 0 Å². The second-order valence-corrected chi connectivity index (χ2v) is 4.48. The molecule has 2 nitrogen and oxygen atoms in total. The zero-order chi connectivity index (χ0) is 11.6. The van der Waals surface area contributed by atoms with E-state index in [0.29, 0.717) is 6.42 Å². The van der Waals surface area contributed by atoms with Crippen molar-refractivity contribution < 1.29 is 9.53 Å². The lowest BCUT2D eigenvalue weighted by molar-refractivity contribution is 0.0311. The van der Waals surface area contributed by atoms with E-state index in [9.17, 15) is 4.79 Å². The summed E-state index contributed by atoms with van der Waals surface area (Å²) in [7, 11) is 0. The summed E-state index contributed by atoms with van der Waals surface area (Å²) in [4.78, 5) is 12.1. The molecular weight excluding hydrogens is 200 g/mol. The van der Waals surface area contributed by atoms with Crippen LogP contribution in [0.25, 0.3) is 0 Å². The van der Waals surface area contributed by atoms with Gasteiger partial charge in [0, 0.05) is 0 Å². The average Bonchev–Trinajstić information content (AvgIpc) is 2.29. The maximum absolute atomic E-state index is 12.1. The molecule has 1 atom stereocenters. The van der Waals surface area contributed by atoms with Crippen molar-refractivity contribution >= 4 is 5.78 Å². The number of para-hydroxylation sites is 1. The molecule has 0 amide bonds. The second-order valence-electron chi connectivity index (χ2n) is 4.48. The molecule has 0 N–H and O–H groups in total. The molecule has 1 aromatic rings. The Labute approximate surface area is 96.6 Å². The van der Waals surface area contributed by atoms with Gasteiger partial charge in [-0.15, -0.1) is 0 Å². The Balaban J connectivity index is 2.35. The fourth-order valence-corrected chi connectivity index (χ4v) is 2.41. The van der Waals surface area contributed by atoms with E-state index in [0.717, 1.165) is 30.6 Å². The third-order valence-corrected chi connectivity index (χ3v) is 3.35. The molecule has 0 spiro atoms. The normalized spacial score (nSPS) is 23.8. The van der Waals surface area contributed by atoms with Crippen molar-refractivity contribution in [3.8, 4) is 5.75 Å². The maximum atomic E-state index is 12.1. The molecule has 0 fully saturated rings. The Bertz CT molecular complexity index is 397. The maximum Gasteiger partial charge on any atom is 0.170 e. The molecular formula is C14H18O2. The molecule has 1 aliphatic rings. The fraction of sp³-hybridized carbons (Fsp3) is 0.500. The third-order valence-electron chi connectivity index (χ3n) is 3.35. The van der Waals surface area contributed by atoms with Gasteiger partial charge in [0.2, 0.25) is 0 Å². The summed E-state index contributed by atoms with van der Waals surface area (Å²) in [6, 6.07) is 7.55. The van der Waals surface area contributed by atoms with Crippen LogP contribution in [0.1, 0.15) is 49.9 Å². The topological polar surface area (TPSA) is 26.3 Å². The number of fused-ring (bicyclic) bond motifs is 1. The van der Waals surface area contributed by atoms with E-state index in [1.54, 1.807) is 0 Å². The van der Waals surface area contributed by atoms with Gasteiger partial charge in [0.1, 0.15) is 11.4 Å². The molecule has 86 valence electrons. The largest absolute Gasteiger partial charge is 0.486 e. The molecule has 1 unspecified atom stereocenters. The molecule has 0 radical (unpaired) electrons. The number of ether oxygens (including phenoxy) is 1. The minimum Gasteiger partial charge on any atom is -0.486 e. The molecule has 0 aliphatic carbocycles. The van der Waals surface area contributed by atoms with Crippen LogP contribution in [0.2, 0.25) is 0 Å². The van der Waals surface area contributed by atoms with Crippen LogP contribution in [0.3, 0.4) is 0 Å². The lowest BCUT2D eigenvalue weighted by Gasteiger charge is -2.37. The van der Waals surface area contributed by atoms with Crippen LogP contribution >= 0.6 is 0 Å². The van der Waals surface area contributed by atoms with E-state index >= 15 is 0 Å². The zero-order valence-electron chi connectivity index (χ0n) is 9.95. The first-order chi connectivity index (χ1) is 7.71. The molecule has 0 saturated heterocycles. The third kappa shape index (κ3) is 1.84. The Hall–Kier alpha value is -1.31. The van der Waals surface area contributed by atoms with Crippen LogP contribution in [-0.4, -0.2) is 11.4 Å². The summed E-state index contributed by atoms with van der Waals surface area (Å²) >= 11 is 0. The van der Waals surface area contributed by atoms with E-state index in [4.69, 9.17) is 4.74 Å². The number of carbonyl (C=O) groups is 1. The zero-order valence-corrected chi connectivity index (χ0v) is 9.95. The highest BCUT2D eigenvalue weighted by Crippen LogP contribution is 2.37. The molecule has 2 rings (SSSR count). The number of ketones is 1. The van der Waals surface area contributed by atoms with Crippen molar-refractivity contribution in [2.45, 2.75) is 45.1 Å². The summed E-state index contributed by atoms with van der Waals surface area (Å²) in [5, 5.41) is 0. The predicted molar refractivity (Wildman–Crippen MR) is 63.9 cm³/mol. The van der Waals surface area contributed by atoms with Crippen LogP contribution in [0.5, 0.6) is 5.75 Å². The van der Waals surface area contributed by atoms with Gasteiger partial charge in [-0.2, -0.15) is 0 Å². The number of benzene rings is 1. The van der Waals surface area contributed by atoms with Gasteiger partial charge in [-0.3, -0.25) is 4.79 Å². The predicted octanol–water partition coefficient (Wildman–Crippen LogP) is 3.60. The molecule has 2 heteroatoms. The Kier molecular flexibility index (Phi) is 2.99. The van der Waals surface area contributed by atoms with Crippen molar-refractivity contribution in [3.05, 3.63) is 29.8 Å². The molecule has 1 aliphatic heterocycles. The minimum absolute atomic E-state index is 0.220. The lowest BCUT2D eigenvalue weighted by Crippen LogP contribution is -2.41. The minimum atomic E-state index is -0.264. The Morgan fingerprint density at radius 2 is 2.06 bits per heavy atom. The summed E-state index contributed by atoms with van der Waals surface area (Å²) < 4.78 is 6.06. The molecule has 1 aromatic carbocycles. The summed E-state index contributed by atoms with van der Waals surface area (Å²) in [5.41, 5.74) is 0.475. The van der Waals surface area contributed by atoms with E-state index in [1.807, 2.05) is 24.3 Å². The van der Waals surface area contributed by atoms with Crippen molar-refractivity contribution in [2.75, 3.05) is 0 Å². The SMILES string of the molecule is CCCC1(CC)CC(=O)c2ccccc2O1. The smallest absolute Gasteiger partial charge is 0.170 e. The van der Waals surface area contributed by atoms with Crippen molar-refractivity contribution in [1.29, 1.82) is 0 Å². The average molecular weight is 218 g/mol. The molecule has 16 heavy (non-hydrogen) atoms. The van der Waals surface area contributed by atoms with Crippen LogP contribution in [-0.2, 0) is 0 Å². The Morgan fingerprint density at radius 1 is 1.31 bits per heavy atom. The van der Waals surface area contributed by atoms with Gasteiger partial charge >= 0.3 is 0 Å². The van der Waals surface area contributed by atoms with E-state index < -0.39 is 0 Å². The first-order valence-electron chi connectivity index (χ1n) is 6.02. The molecule has 0 bridgehead atoms. The quantitative estimate of drug-likeness (QED) is 0.774. The fourth-order valence-electron chi connectivity index (χ4n) is 2.41. The summed E-state index contributed by atoms with van der Waals surface area (Å²) in [6.07, 6.45) is 3.40. The highest BCUT2D eigenvalue weighted by Gasteiger charge is 2.37. The van der Waals surface area contributed by atoms with Crippen molar-refractivity contribution in [1.82, 2.24) is 0 Å². The summed E-state index contributed by atoms with van der Waals surface area (Å²) in [5.74, 6) is 0.978. The van der Waals surface area contributed by atoms with Crippen molar-refractivity contribution in [2.24, 2.45) is 0 Å². The number of hydrogen-bond donors (Lipinski definition) is 0. The first kappa shape index (κ1) is 11.2. The van der Waals surface area contributed by atoms with Crippen LogP contribution in [0.15, 0.2) is 24.3 Å².